The van der Waals surface area contributed by atoms with Crippen molar-refractivity contribution in [3.05, 3.63) is 35.0 Å². The van der Waals surface area contributed by atoms with E-state index >= 15 is 0 Å². The molecule has 0 spiro atoms. The number of anilines is 1. The number of aryl methyl sites for hydroxylation is 2. The highest BCUT2D eigenvalue weighted by Gasteiger charge is 2.21. The van der Waals surface area contributed by atoms with Crippen LogP contribution < -0.4 is 14.8 Å². The fraction of sp³-hybridized carbons (Fsp3) is 0.316. The quantitative estimate of drug-likeness (QED) is 0.498. The van der Waals surface area contributed by atoms with Crippen LogP contribution in [0.25, 0.3) is 10.2 Å². The predicted octanol–water partition coefficient (Wildman–Crippen LogP) is 3.93. The molecule has 0 unspecified atom stereocenters. The first kappa shape index (κ1) is 18.1. The van der Waals surface area contributed by atoms with E-state index in [4.69, 9.17) is 9.47 Å². The maximum Gasteiger partial charge on any atom is 0.234 e. The number of carbonyl (C=O) groups excluding carboxylic acids is 1. The number of fused-ring (bicyclic) bond motifs is 3. The lowest BCUT2D eigenvalue weighted by molar-refractivity contribution is -0.113. The van der Waals surface area contributed by atoms with Gasteiger partial charge in [-0.2, -0.15) is 0 Å². The van der Waals surface area contributed by atoms with Crippen LogP contribution in [0.1, 0.15) is 16.9 Å². The Hall–Kier alpha value is -2.32. The van der Waals surface area contributed by atoms with Gasteiger partial charge in [0.1, 0.15) is 27.7 Å². The molecule has 3 aromatic rings. The number of aromatic nitrogens is 2. The van der Waals surface area contributed by atoms with Gasteiger partial charge in [0.05, 0.1) is 25.7 Å². The molecule has 1 aliphatic carbocycles. The molecule has 2 aromatic heterocycles. The number of methoxy groups -OCH3 is 2. The van der Waals surface area contributed by atoms with Gasteiger partial charge < -0.3 is 14.8 Å². The minimum atomic E-state index is -0.109. The highest BCUT2D eigenvalue weighted by Crippen LogP contribution is 2.40. The fourth-order valence-corrected chi connectivity index (χ4v) is 5.35. The second-order valence-electron chi connectivity index (χ2n) is 6.12. The number of nitrogens with one attached hydrogen (secondary N) is 1. The largest absolute Gasteiger partial charge is 0.497 e. The van der Waals surface area contributed by atoms with Crippen LogP contribution in [0.3, 0.4) is 0 Å². The van der Waals surface area contributed by atoms with Crippen molar-refractivity contribution < 1.29 is 14.3 Å². The molecule has 0 saturated carbocycles. The molecule has 0 fully saturated rings. The second-order valence-corrected chi connectivity index (χ2v) is 8.17. The number of hydrogen-bond acceptors (Lipinski definition) is 7. The molecule has 6 nitrogen and oxygen atoms in total. The van der Waals surface area contributed by atoms with Crippen molar-refractivity contribution in [1.82, 2.24) is 9.97 Å². The minimum absolute atomic E-state index is 0.109. The molecular weight excluding hydrogens is 382 g/mol. The van der Waals surface area contributed by atoms with Gasteiger partial charge in [0.15, 0.2) is 0 Å². The number of hydrogen-bond donors (Lipinski definition) is 1. The first-order chi connectivity index (χ1) is 13.2. The Morgan fingerprint density at radius 2 is 2.15 bits per heavy atom. The molecule has 1 N–H and O–H groups in total. The molecule has 27 heavy (non-hydrogen) atoms. The van der Waals surface area contributed by atoms with Gasteiger partial charge >= 0.3 is 0 Å². The van der Waals surface area contributed by atoms with Crippen LogP contribution in [0, 0.1) is 0 Å². The monoisotopic (exact) mass is 401 g/mol. The number of rotatable bonds is 6. The standard InChI is InChI=1S/C19H19N3O3S2/c1-24-11-6-7-13(14(8-11)25-2)22-16(23)9-26-18-17-12-4-3-5-15(12)27-19(17)21-10-20-18/h6-8,10H,3-5,9H2,1-2H3,(H,22,23). The van der Waals surface area contributed by atoms with Crippen LogP contribution in [0.5, 0.6) is 11.5 Å². The van der Waals surface area contributed by atoms with Gasteiger partial charge in [0, 0.05) is 16.3 Å². The normalized spacial score (nSPS) is 12.8. The molecule has 1 amide bonds. The van der Waals surface area contributed by atoms with Crippen molar-refractivity contribution in [3.63, 3.8) is 0 Å². The van der Waals surface area contributed by atoms with Gasteiger partial charge in [-0.15, -0.1) is 11.3 Å². The Morgan fingerprint density at radius 3 is 2.96 bits per heavy atom. The zero-order valence-electron chi connectivity index (χ0n) is 15.1. The summed E-state index contributed by atoms with van der Waals surface area (Å²) in [6.45, 7) is 0. The fourth-order valence-electron chi connectivity index (χ4n) is 3.23. The van der Waals surface area contributed by atoms with E-state index in [9.17, 15) is 4.79 Å². The maximum absolute atomic E-state index is 12.5. The van der Waals surface area contributed by atoms with Crippen LogP contribution in [-0.2, 0) is 17.6 Å². The van der Waals surface area contributed by atoms with Crippen molar-refractivity contribution in [2.24, 2.45) is 0 Å². The number of carbonyl (C=O) groups is 1. The number of ether oxygens (including phenoxy) is 2. The molecule has 0 radical (unpaired) electrons. The van der Waals surface area contributed by atoms with E-state index in [1.54, 1.807) is 50.1 Å². The summed E-state index contributed by atoms with van der Waals surface area (Å²) >= 11 is 3.20. The van der Waals surface area contributed by atoms with E-state index in [1.165, 1.54) is 28.6 Å². The van der Waals surface area contributed by atoms with E-state index < -0.39 is 0 Å². The number of thioether (sulfide) groups is 1. The van der Waals surface area contributed by atoms with E-state index in [0.717, 1.165) is 28.1 Å². The van der Waals surface area contributed by atoms with Crippen LogP contribution in [0.15, 0.2) is 29.6 Å². The molecule has 0 saturated heterocycles. The summed E-state index contributed by atoms with van der Waals surface area (Å²) in [6.07, 6.45) is 4.97. The van der Waals surface area contributed by atoms with Crippen LogP contribution >= 0.6 is 23.1 Å². The molecule has 2 heterocycles. The van der Waals surface area contributed by atoms with Gasteiger partial charge in [0.25, 0.3) is 0 Å². The summed E-state index contributed by atoms with van der Waals surface area (Å²) in [4.78, 5) is 23.7. The summed E-state index contributed by atoms with van der Waals surface area (Å²) in [7, 11) is 3.15. The Balaban J connectivity index is 1.48. The SMILES string of the molecule is COc1ccc(NC(=O)CSc2ncnc3sc4c(c23)CCC4)c(OC)c1. The van der Waals surface area contributed by atoms with Crippen LogP contribution in [-0.4, -0.2) is 35.8 Å². The van der Waals surface area contributed by atoms with E-state index in [1.807, 2.05) is 0 Å². The highest BCUT2D eigenvalue weighted by atomic mass is 32.2. The van der Waals surface area contributed by atoms with Gasteiger partial charge in [-0.05, 0) is 37.0 Å². The first-order valence-electron chi connectivity index (χ1n) is 8.59. The Morgan fingerprint density at radius 1 is 1.26 bits per heavy atom. The summed E-state index contributed by atoms with van der Waals surface area (Å²) in [5.41, 5.74) is 1.99. The summed E-state index contributed by atoms with van der Waals surface area (Å²) in [6, 6.07) is 5.30. The second kappa shape index (κ2) is 7.74. The Bertz CT molecular complexity index is 1000. The molecule has 4 rings (SSSR count). The molecule has 1 aromatic carbocycles. The van der Waals surface area contributed by atoms with Gasteiger partial charge in [0.2, 0.25) is 5.91 Å². The van der Waals surface area contributed by atoms with E-state index in [0.29, 0.717) is 17.2 Å². The van der Waals surface area contributed by atoms with Crippen molar-refractivity contribution in [2.45, 2.75) is 24.3 Å². The lowest BCUT2D eigenvalue weighted by Gasteiger charge is -2.11. The number of nitrogens with zero attached hydrogens (tertiary/aromatic N) is 2. The Labute approximate surface area is 165 Å². The van der Waals surface area contributed by atoms with Crippen molar-refractivity contribution >= 4 is 44.9 Å². The smallest absolute Gasteiger partial charge is 0.234 e. The molecule has 140 valence electrons. The van der Waals surface area contributed by atoms with Crippen molar-refractivity contribution in [1.29, 1.82) is 0 Å². The average Bonchev–Trinajstić information content (AvgIpc) is 3.27. The summed E-state index contributed by atoms with van der Waals surface area (Å²) in [5, 5.41) is 4.92. The average molecular weight is 402 g/mol. The van der Waals surface area contributed by atoms with Crippen LogP contribution in [0.2, 0.25) is 0 Å². The van der Waals surface area contributed by atoms with Gasteiger partial charge in [-0.3, -0.25) is 4.79 Å². The minimum Gasteiger partial charge on any atom is -0.497 e. The summed E-state index contributed by atoms with van der Waals surface area (Å²) < 4.78 is 10.5. The molecule has 1 aliphatic rings. The molecule has 0 bridgehead atoms. The zero-order chi connectivity index (χ0) is 18.8. The molecular formula is C19H19N3O3S2. The van der Waals surface area contributed by atoms with Gasteiger partial charge in [-0.25, -0.2) is 9.97 Å². The third kappa shape index (κ3) is 3.59. The number of amides is 1. The van der Waals surface area contributed by atoms with E-state index in [2.05, 4.69) is 15.3 Å². The van der Waals surface area contributed by atoms with Gasteiger partial charge in [-0.1, -0.05) is 11.8 Å². The molecule has 8 heteroatoms. The third-order valence-corrected chi connectivity index (χ3v) is 6.68. The van der Waals surface area contributed by atoms with Crippen molar-refractivity contribution in [2.75, 3.05) is 25.3 Å². The lowest BCUT2D eigenvalue weighted by atomic mass is 10.2. The molecule has 0 atom stereocenters. The van der Waals surface area contributed by atoms with Crippen LogP contribution in [0.4, 0.5) is 5.69 Å². The summed E-state index contributed by atoms with van der Waals surface area (Å²) in [5.74, 6) is 1.40. The van der Waals surface area contributed by atoms with Crippen molar-refractivity contribution in [3.8, 4) is 11.5 Å². The Kier molecular flexibility index (Phi) is 5.18. The highest BCUT2D eigenvalue weighted by molar-refractivity contribution is 8.00. The predicted molar refractivity (Wildman–Crippen MR) is 108 cm³/mol. The number of benzene rings is 1. The third-order valence-electron chi connectivity index (χ3n) is 4.49. The zero-order valence-corrected chi connectivity index (χ0v) is 16.7. The molecule has 0 aliphatic heterocycles. The van der Waals surface area contributed by atoms with E-state index in [-0.39, 0.29) is 11.7 Å². The topological polar surface area (TPSA) is 73.3 Å². The number of thiophene rings is 1. The maximum atomic E-state index is 12.5. The first-order valence-corrected chi connectivity index (χ1v) is 10.4. The lowest BCUT2D eigenvalue weighted by Crippen LogP contribution is -2.15.